The number of benzene rings is 2. The molecule has 0 radical (unpaired) electrons. The first-order chi connectivity index (χ1) is 14.4. The first-order valence-corrected chi connectivity index (χ1v) is 9.06. The number of hydroxylamine groups is 1. The summed E-state index contributed by atoms with van der Waals surface area (Å²) < 4.78 is 45.2. The molecule has 0 saturated heterocycles. The van der Waals surface area contributed by atoms with Gasteiger partial charge in [-0.1, -0.05) is 23.2 Å². The van der Waals surface area contributed by atoms with Crippen molar-refractivity contribution in [1.29, 1.82) is 0 Å². The Morgan fingerprint density at radius 3 is 2.42 bits per heavy atom. The Morgan fingerprint density at radius 2 is 1.84 bits per heavy atom. The highest BCUT2D eigenvalue weighted by Gasteiger charge is 2.44. The Kier molecular flexibility index (Phi) is 5.80. The molecule has 1 heterocycles. The highest BCUT2D eigenvalue weighted by Crippen LogP contribution is 2.49. The van der Waals surface area contributed by atoms with Crippen molar-refractivity contribution < 1.29 is 32.4 Å². The summed E-state index contributed by atoms with van der Waals surface area (Å²) in [5.41, 5.74) is -4.70. The lowest BCUT2D eigenvalue weighted by Crippen LogP contribution is -2.40. The molecule has 1 aliphatic rings. The number of quaternary nitrogens is 1. The summed E-state index contributed by atoms with van der Waals surface area (Å²) in [6.45, 7) is 1.18. The zero-order valence-electron chi connectivity index (χ0n) is 15.3. The van der Waals surface area contributed by atoms with E-state index in [0.29, 0.717) is 24.4 Å². The summed E-state index contributed by atoms with van der Waals surface area (Å²) in [6.07, 6.45) is 0.349. The third-order valence-electron chi connectivity index (χ3n) is 4.34. The van der Waals surface area contributed by atoms with Crippen LogP contribution in [0.3, 0.4) is 0 Å². The van der Waals surface area contributed by atoms with E-state index in [0.717, 1.165) is 0 Å². The maximum Gasteiger partial charge on any atom is 0.347 e. The summed E-state index contributed by atoms with van der Waals surface area (Å²) in [6, 6.07) is 1.22. The molecular weight excluding hydrogens is 468 g/mol. The van der Waals surface area contributed by atoms with E-state index in [4.69, 9.17) is 27.9 Å². The number of nitro groups is 1. The largest absolute Gasteiger partial charge is 0.617 e. The maximum absolute atomic E-state index is 14.7. The van der Waals surface area contributed by atoms with E-state index in [2.05, 4.69) is 0 Å². The fourth-order valence-corrected chi connectivity index (χ4v) is 3.54. The van der Waals surface area contributed by atoms with Gasteiger partial charge in [0.25, 0.3) is 5.69 Å². The molecule has 8 nitrogen and oxygen atoms in total. The van der Waals surface area contributed by atoms with Crippen LogP contribution in [0.4, 0.5) is 30.2 Å². The number of hydrogen-bond donors (Lipinski definition) is 0. The van der Waals surface area contributed by atoms with Crippen LogP contribution in [-0.2, 0) is 9.53 Å². The standard InChI is InChI=1S/C18H9Cl2F3N2O6/c1-2-31-18(27)8-6-25(30,13-5-12(24(28)29)9(19)4-10(13)21)16-7(17(8)26)3-11(22)15(23)14(16)20/h3-6H,2H2,1H3. The van der Waals surface area contributed by atoms with Crippen molar-refractivity contribution in [2.45, 2.75) is 6.92 Å². The van der Waals surface area contributed by atoms with Gasteiger partial charge in [-0.25, -0.2) is 18.0 Å². The van der Waals surface area contributed by atoms with Crippen LogP contribution in [0.25, 0.3) is 0 Å². The Hall–Kier alpha value is -2.99. The van der Waals surface area contributed by atoms with Crippen molar-refractivity contribution in [3.8, 4) is 0 Å². The van der Waals surface area contributed by atoms with Crippen LogP contribution >= 0.6 is 23.2 Å². The highest BCUT2D eigenvalue weighted by atomic mass is 35.5. The number of carbonyl (C=O) groups excluding carboxylic acids is 2. The van der Waals surface area contributed by atoms with E-state index in [1.807, 2.05) is 0 Å². The number of hydrogen-bond acceptors (Lipinski definition) is 6. The third-order valence-corrected chi connectivity index (χ3v) is 4.98. The molecule has 31 heavy (non-hydrogen) atoms. The molecule has 0 bridgehead atoms. The number of nitrogens with zero attached hydrogens (tertiary/aromatic N) is 2. The van der Waals surface area contributed by atoms with Gasteiger partial charge >= 0.3 is 5.97 Å². The zero-order chi connectivity index (χ0) is 23.2. The SMILES string of the molecule is CCOC(=O)C1=C[N+]([O-])(c2cc([N+](=O)[O-])c(Cl)cc2F)c2c(cc(F)c(F)c2Cl)C1=O. The summed E-state index contributed by atoms with van der Waals surface area (Å²) in [5, 5.41) is 23.2. The molecule has 0 aromatic heterocycles. The highest BCUT2D eigenvalue weighted by molar-refractivity contribution is 6.36. The molecule has 0 amide bonds. The normalized spacial score (nSPS) is 17.8. The predicted molar refractivity (Wildman–Crippen MR) is 103 cm³/mol. The molecule has 2 aromatic rings. The van der Waals surface area contributed by atoms with E-state index in [1.54, 1.807) is 0 Å². The van der Waals surface area contributed by atoms with Gasteiger partial charge in [0.05, 0.1) is 23.2 Å². The first-order valence-electron chi connectivity index (χ1n) is 8.30. The Morgan fingerprint density at radius 1 is 1.19 bits per heavy atom. The minimum absolute atomic E-state index is 0.214. The molecular formula is C18H9Cl2F3N2O6. The summed E-state index contributed by atoms with van der Waals surface area (Å²) >= 11 is 11.4. The van der Waals surface area contributed by atoms with Gasteiger partial charge in [-0.3, -0.25) is 19.6 Å². The van der Waals surface area contributed by atoms with Crippen LogP contribution in [-0.4, -0.2) is 23.3 Å². The van der Waals surface area contributed by atoms with Gasteiger partial charge in [0, 0.05) is 6.07 Å². The molecule has 2 aromatic carbocycles. The monoisotopic (exact) mass is 476 g/mol. The number of carbonyl (C=O) groups is 2. The minimum Gasteiger partial charge on any atom is -0.617 e. The molecule has 3 rings (SSSR count). The third kappa shape index (κ3) is 3.55. The molecule has 162 valence electrons. The van der Waals surface area contributed by atoms with Gasteiger partial charge in [-0.2, -0.15) is 0 Å². The number of esters is 1. The summed E-state index contributed by atoms with van der Waals surface area (Å²) in [7, 11) is 0. The van der Waals surface area contributed by atoms with Gasteiger partial charge < -0.3 is 9.94 Å². The molecule has 13 heteroatoms. The minimum atomic E-state index is -2.27. The van der Waals surface area contributed by atoms with Crippen molar-refractivity contribution in [3.63, 3.8) is 0 Å². The van der Waals surface area contributed by atoms with Gasteiger partial charge in [0.1, 0.15) is 16.2 Å². The van der Waals surface area contributed by atoms with Crippen molar-refractivity contribution in [3.05, 3.63) is 78.4 Å². The number of fused-ring (bicyclic) bond motifs is 1. The van der Waals surface area contributed by atoms with E-state index in [1.165, 1.54) is 6.92 Å². The summed E-state index contributed by atoms with van der Waals surface area (Å²) in [5.74, 6) is -7.27. The zero-order valence-corrected chi connectivity index (χ0v) is 16.8. The number of rotatable bonds is 4. The lowest BCUT2D eigenvalue weighted by Gasteiger charge is -2.41. The Bertz CT molecular complexity index is 1200. The first kappa shape index (κ1) is 22.7. The van der Waals surface area contributed by atoms with Crippen molar-refractivity contribution in [1.82, 2.24) is 4.65 Å². The topological polar surface area (TPSA) is 110 Å². The van der Waals surface area contributed by atoms with Crippen LogP contribution in [0.2, 0.25) is 10.0 Å². The average Bonchev–Trinajstić information content (AvgIpc) is 2.68. The van der Waals surface area contributed by atoms with E-state index >= 15 is 0 Å². The lowest BCUT2D eigenvalue weighted by molar-refractivity contribution is -0.384. The molecule has 0 fully saturated rings. The number of nitro benzene ring substituents is 1. The molecule has 0 saturated carbocycles. The van der Waals surface area contributed by atoms with E-state index < -0.39 is 77.0 Å². The van der Waals surface area contributed by atoms with E-state index in [-0.39, 0.29) is 6.61 Å². The van der Waals surface area contributed by atoms with Gasteiger partial charge in [0.15, 0.2) is 34.4 Å². The fraction of sp³-hybridized carbons (Fsp3) is 0.111. The van der Waals surface area contributed by atoms with Crippen LogP contribution in [0.5, 0.6) is 0 Å². The van der Waals surface area contributed by atoms with Crippen LogP contribution in [0.1, 0.15) is 17.3 Å². The fourth-order valence-electron chi connectivity index (χ4n) is 3.00. The smallest absolute Gasteiger partial charge is 0.347 e. The van der Waals surface area contributed by atoms with Crippen LogP contribution < -0.4 is 4.65 Å². The summed E-state index contributed by atoms with van der Waals surface area (Å²) in [4.78, 5) is 35.1. The molecule has 1 unspecified atom stereocenters. The van der Waals surface area contributed by atoms with Crippen LogP contribution in [0, 0.1) is 32.8 Å². The number of Topliss-reactive ketones (excluding diaryl/α,β-unsaturated/α-hetero) is 1. The van der Waals surface area contributed by atoms with Gasteiger partial charge in [0.2, 0.25) is 5.78 Å². The predicted octanol–water partition coefficient (Wildman–Crippen LogP) is 5.10. The van der Waals surface area contributed by atoms with Gasteiger partial charge in [-0.05, 0) is 13.0 Å². The molecule has 1 atom stereocenters. The molecule has 0 aliphatic carbocycles. The Labute approximate surface area is 181 Å². The van der Waals surface area contributed by atoms with Crippen molar-refractivity contribution >= 4 is 52.0 Å². The Balaban J connectivity index is 2.45. The number of ketones is 1. The second-order valence-corrected chi connectivity index (χ2v) is 6.93. The van der Waals surface area contributed by atoms with E-state index in [9.17, 15) is 38.1 Å². The molecule has 0 spiro atoms. The second-order valence-electron chi connectivity index (χ2n) is 6.15. The van der Waals surface area contributed by atoms with Gasteiger partial charge in [-0.15, -0.1) is 0 Å². The van der Waals surface area contributed by atoms with Crippen molar-refractivity contribution in [2.75, 3.05) is 6.61 Å². The number of halogens is 5. The lowest BCUT2D eigenvalue weighted by atomic mass is 9.96. The number of ether oxygens (including phenoxy) is 1. The second kappa shape index (κ2) is 7.93. The van der Waals surface area contributed by atoms with Crippen LogP contribution in [0.15, 0.2) is 30.0 Å². The molecule has 0 N–H and O–H groups in total. The van der Waals surface area contributed by atoms with Crippen molar-refractivity contribution in [2.24, 2.45) is 0 Å². The maximum atomic E-state index is 14.7. The molecule has 1 aliphatic heterocycles. The quantitative estimate of drug-likeness (QED) is 0.115. The average molecular weight is 477 g/mol.